The zero-order valence-electron chi connectivity index (χ0n) is 11.0. The van der Waals surface area contributed by atoms with E-state index in [9.17, 15) is 14.5 Å². The molecule has 1 N–H and O–H groups in total. The Balaban J connectivity index is 2.20. The molecule has 1 aromatic carbocycles. The molecule has 0 aliphatic heterocycles. The lowest BCUT2D eigenvalue weighted by Gasteiger charge is -2.09. The highest BCUT2D eigenvalue weighted by atomic mass is 79.9. The van der Waals surface area contributed by atoms with Crippen LogP contribution in [0, 0.1) is 15.9 Å². The topological polar surface area (TPSA) is 77.3 Å². The lowest BCUT2D eigenvalue weighted by atomic mass is 10.2. The quantitative estimate of drug-likeness (QED) is 0.655. The summed E-state index contributed by atoms with van der Waals surface area (Å²) in [7, 11) is 1.75. The molecule has 0 unspecified atom stereocenters. The van der Waals surface area contributed by atoms with Gasteiger partial charge in [-0.15, -0.1) is 0 Å². The fourth-order valence-electron chi connectivity index (χ4n) is 1.64. The third kappa shape index (κ3) is 3.66. The van der Waals surface area contributed by atoms with E-state index in [0.717, 1.165) is 17.7 Å². The van der Waals surface area contributed by atoms with Gasteiger partial charge in [0.15, 0.2) is 0 Å². The van der Waals surface area contributed by atoms with Crippen molar-refractivity contribution in [2.24, 2.45) is 0 Å². The number of halogens is 2. The first-order valence-electron chi connectivity index (χ1n) is 5.90. The van der Waals surface area contributed by atoms with Crippen LogP contribution in [0.3, 0.4) is 0 Å². The average molecular weight is 356 g/mol. The summed E-state index contributed by atoms with van der Waals surface area (Å²) in [4.78, 5) is 14.4. The van der Waals surface area contributed by atoms with Gasteiger partial charge in [0.2, 0.25) is 5.75 Å². The average Bonchev–Trinajstić information content (AvgIpc) is 2.46. The summed E-state index contributed by atoms with van der Waals surface area (Å²) in [5.41, 5.74) is 0.307. The minimum absolute atomic E-state index is 0.0147. The van der Waals surface area contributed by atoms with Crippen molar-refractivity contribution >= 4 is 27.4 Å². The van der Waals surface area contributed by atoms with Crippen LogP contribution in [0.25, 0.3) is 0 Å². The number of nitrogens with zero attached hydrogens (tertiary/aromatic N) is 2. The van der Waals surface area contributed by atoms with Crippen LogP contribution in [0.5, 0.6) is 5.75 Å². The molecule has 6 nitrogen and oxygen atoms in total. The summed E-state index contributed by atoms with van der Waals surface area (Å²) < 4.78 is 18.8. The number of aromatic nitrogens is 1. The molecule has 0 bridgehead atoms. The molecular weight excluding hydrogens is 345 g/mol. The molecule has 0 saturated carbocycles. The van der Waals surface area contributed by atoms with Crippen molar-refractivity contribution in [2.45, 2.75) is 6.61 Å². The van der Waals surface area contributed by atoms with E-state index in [-0.39, 0.29) is 16.8 Å². The Morgan fingerprint density at radius 2 is 2.24 bits per heavy atom. The van der Waals surface area contributed by atoms with Gasteiger partial charge in [-0.3, -0.25) is 10.1 Å². The second-order valence-corrected chi connectivity index (χ2v) is 4.94. The maximum absolute atomic E-state index is 13.2. The molecule has 0 spiro atoms. The Morgan fingerprint density at radius 1 is 1.48 bits per heavy atom. The predicted octanol–water partition coefficient (Wildman–Crippen LogP) is 3.51. The molecule has 0 aliphatic carbocycles. The van der Waals surface area contributed by atoms with Gasteiger partial charge in [-0.2, -0.15) is 0 Å². The van der Waals surface area contributed by atoms with E-state index in [0.29, 0.717) is 5.82 Å². The van der Waals surface area contributed by atoms with Crippen LogP contribution < -0.4 is 10.1 Å². The van der Waals surface area contributed by atoms with Crippen LogP contribution in [0.1, 0.15) is 5.56 Å². The number of ether oxygens (including phenoxy) is 1. The SMILES string of the molecule is CNc1ccc(COc2c(Br)cc(F)cc2[N+](=O)[O-])cn1. The van der Waals surface area contributed by atoms with Crippen molar-refractivity contribution in [3.8, 4) is 5.75 Å². The van der Waals surface area contributed by atoms with Gasteiger partial charge in [-0.05, 0) is 28.1 Å². The molecule has 1 aromatic heterocycles. The number of hydrogen-bond acceptors (Lipinski definition) is 5. The first-order chi connectivity index (χ1) is 10.0. The fraction of sp³-hybridized carbons (Fsp3) is 0.154. The van der Waals surface area contributed by atoms with Crippen molar-refractivity contribution in [1.82, 2.24) is 4.98 Å². The Hall–Kier alpha value is -2.22. The molecule has 21 heavy (non-hydrogen) atoms. The van der Waals surface area contributed by atoms with Crippen molar-refractivity contribution in [1.29, 1.82) is 0 Å². The van der Waals surface area contributed by atoms with Crippen molar-refractivity contribution in [2.75, 3.05) is 12.4 Å². The number of anilines is 1. The van der Waals surface area contributed by atoms with Crippen molar-refractivity contribution in [3.63, 3.8) is 0 Å². The molecule has 2 aromatic rings. The molecule has 0 saturated heterocycles. The molecule has 110 valence electrons. The third-order valence-electron chi connectivity index (χ3n) is 2.65. The monoisotopic (exact) mass is 355 g/mol. The second-order valence-electron chi connectivity index (χ2n) is 4.08. The molecule has 8 heteroatoms. The van der Waals surface area contributed by atoms with Crippen LogP contribution in [0.2, 0.25) is 0 Å². The van der Waals surface area contributed by atoms with E-state index < -0.39 is 16.4 Å². The van der Waals surface area contributed by atoms with E-state index in [1.54, 1.807) is 25.4 Å². The number of nitro benzene ring substituents is 1. The summed E-state index contributed by atoms with van der Waals surface area (Å²) in [5, 5.41) is 13.8. The number of benzene rings is 1. The summed E-state index contributed by atoms with van der Waals surface area (Å²) in [6, 6.07) is 5.47. The number of nitro groups is 1. The van der Waals surface area contributed by atoms with Crippen LogP contribution in [0.15, 0.2) is 34.9 Å². The standard InChI is InChI=1S/C13H11BrFN3O3/c1-16-12-3-2-8(6-17-12)7-21-13-10(14)4-9(15)5-11(13)18(19)20/h2-6H,7H2,1H3,(H,16,17). The molecule has 2 rings (SSSR count). The zero-order chi connectivity index (χ0) is 15.4. The predicted molar refractivity (Wildman–Crippen MR) is 78.9 cm³/mol. The number of nitrogens with one attached hydrogen (secondary N) is 1. The third-order valence-corrected chi connectivity index (χ3v) is 3.24. The van der Waals surface area contributed by atoms with E-state index >= 15 is 0 Å². The summed E-state index contributed by atoms with van der Waals surface area (Å²) in [6.07, 6.45) is 1.59. The Kier molecular flexibility index (Phi) is 4.69. The fourth-order valence-corrected chi connectivity index (χ4v) is 2.17. The van der Waals surface area contributed by atoms with E-state index in [4.69, 9.17) is 4.74 Å². The van der Waals surface area contributed by atoms with E-state index in [1.165, 1.54) is 0 Å². The Labute approximate surface area is 128 Å². The number of rotatable bonds is 5. The molecule has 0 fully saturated rings. The first-order valence-corrected chi connectivity index (χ1v) is 6.69. The maximum atomic E-state index is 13.2. The summed E-state index contributed by atoms with van der Waals surface area (Å²) in [5.74, 6) is -0.0206. The van der Waals surface area contributed by atoms with E-state index in [2.05, 4.69) is 26.2 Å². The Morgan fingerprint density at radius 3 is 2.81 bits per heavy atom. The van der Waals surface area contributed by atoms with Gasteiger partial charge < -0.3 is 10.1 Å². The lowest BCUT2D eigenvalue weighted by molar-refractivity contribution is -0.386. The Bertz CT molecular complexity index is 664. The molecule has 0 aliphatic rings. The second kappa shape index (κ2) is 6.49. The summed E-state index contributed by atoms with van der Waals surface area (Å²) >= 11 is 3.07. The molecule has 0 radical (unpaired) electrons. The number of pyridine rings is 1. The molecular formula is C13H11BrFN3O3. The van der Waals surface area contributed by atoms with E-state index in [1.807, 2.05) is 0 Å². The molecule has 0 atom stereocenters. The number of hydrogen-bond donors (Lipinski definition) is 1. The van der Waals surface area contributed by atoms with Crippen molar-refractivity contribution < 1.29 is 14.1 Å². The molecule has 0 amide bonds. The van der Waals surface area contributed by atoms with Gasteiger partial charge in [-0.1, -0.05) is 6.07 Å². The zero-order valence-corrected chi connectivity index (χ0v) is 12.6. The van der Waals surface area contributed by atoms with Gasteiger partial charge in [0.1, 0.15) is 18.2 Å². The smallest absolute Gasteiger partial charge is 0.315 e. The highest BCUT2D eigenvalue weighted by Gasteiger charge is 2.20. The van der Waals surface area contributed by atoms with Gasteiger partial charge in [-0.25, -0.2) is 9.37 Å². The van der Waals surface area contributed by atoms with Gasteiger partial charge >= 0.3 is 5.69 Å². The molecule has 1 heterocycles. The van der Waals surface area contributed by atoms with Gasteiger partial charge in [0.05, 0.1) is 15.5 Å². The highest BCUT2D eigenvalue weighted by molar-refractivity contribution is 9.10. The van der Waals surface area contributed by atoms with Gasteiger partial charge in [0, 0.05) is 18.8 Å². The highest BCUT2D eigenvalue weighted by Crippen LogP contribution is 2.36. The van der Waals surface area contributed by atoms with Crippen LogP contribution >= 0.6 is 15.9 Å². The minimum Gasteiger partial charge on any atom is -0.481 e. The first kappa shape index (κ1) is 15.2. The largest absolute Gasteiger partial charge is 0.481 e. The van der Waals surface area contributed by atoms with Crippen LogP contribution in [-0.2, 0) is 6.61 Å². The van der Waals surface area contributed by atoms with Gasteiger partial charge in [0.25, 0.3) is 0 Å². The maximum Gasteiger partial charge on any atom is 0.315 e. The lowest BCUT2D eigenvalue weighted by Crippen LogP contribution is -2.01. The minimum atomic E-state index is -0.707. The van der Waals surface area contributed by atoms with Crippen molar-refractivity contribution in [3.05, 3.63) is 56.4 Å². The summed E-state index contributed by atoms with van der Waals surface area (Å²) in [6.45, 7) is 0.0854. The van der Waals surface area contributed by atoms with Crippen LogP contribution in [0.4, 0.5) is 15.9 Å². The van der Waals surface area contributed by atoms with Crippen LogP contribution in [-0.4, -0.2) is 17.0 Å². The normalized spacial score (nSPS) is 10.2.